The number of nitrogen functional groups attached to an aromatic ring is 1. The van der Waals surface area contributed by atoms with Crippen LogP contribution in [0.25, 0.3) is 21.7 Å². The summed E-state index contributed by atoms with van der Waals surface area (Å²) in [6.45, 7) is 0. The second kappa shape index (κ2) is 3.53. The molecule has 5 heteroatoms. The maximum atomic E-state index is 13.6. The first-order chi connectivity index (χ1) is 8.58. The van der Waals surface area contributed by atoms with E-state index in [1.807, 2.05) is 0 Å². The number of rotatable bonds is 0. The van der Waals surface area contributed by atoms with Gasteiger partial charge >= 0.3 is 5.63 Å². The summed E-state index contributed by atoms with van der Waals surface area (Å²) in [6, 6.07) is 6.98. The van der Waals surface area contributed by atoms with Crippen molar-refractivity contribution < 1.29 is 13.2 Å². The second-order valence-electron chi connectivity index (χ2n) is 3.93. The largest absolute Gasteiger partial charge is 0.419 e. The summed E-state index contributed by atoms with van der Waals surface area (Å²) in [4.78, 5) is 11.7. The molecule has 0 radical (unpaired) electrons. The Morgan fingerprint density at radius 3 is 2.50 bits per heavy atom. The van der Waals surface area contributed by atoms with Crippen molar-refractivity contribution in [1.82, 2.24) is 0 Å². The van der Waals surface area contributed by atoms with Gasteiger partial charge in [-0.05, 0) is 24.3 Å². The highest BCUT2D eigenvalue weighted by atomic mass is 19.2. The first-order valence-electron chi connectivity index (χ1n) is 5.18. The number of hydrogen-bond donors (Lipinski definition) is 1. The van der Waals surface area contributed by atoms with Crippen molar-refractivity contribution in [3.63, 3.8) is 0 Å². The molecular formula is C13H7F2NO2. The van der Waals surface area contributed by atoms with Gasteiger partial charge in [-0.15, -0.1) is 0 Å². The summed E-state index contributed by atoms with van der Waals surface area (Å²) < 4.78 is 31.5. The van der Waals surface area contributed by atoms with E-state index < -0.39 is 17.3 Å². The fraction of sp³-hybridized carbons (Fsp3) is 0. The van der Waals surface area contributed by atoms with Gasteiger partial charge in [0.25, 0.3) is 0 Å². The smallest absolute Gasteiger partial charge is 0.344 e. The van der Waals surface area contributed by atoms with Crippen LogP contribution >= 0.6 is 0 Å². The molecule has 1 aromatic heterocycles. The Balaban J connectivity index is 2.63. The molecule has 0 saturated carbocycles. The van der Waals surface area contributed by atoms with Crippen molar-refractivity contribution in [1.29, 1.82) is 0 Å². The molecule has 0 aliphatic carbocycles. The summed E-state index contributed by atoms with van der Waals surface area (Å²) in [5.74, 6) is -2.22. The monoisotopic (exact) mass is 247 g/mol. The van der Waals surface area contributed by atoms with Crippen LogP contribution in [0, 0.1) is 11.6 Å². The Morgan fingerprint density at radius 2 is 1.72 bits per heavy atom. The molecule has 18 heavy (non-hydrogen) atoms. The van der Waals surface area contributed by atoms with Gasteiger partial charge in [-0.2, -0.15) is 4.39 Å². The number of nitrogens with two attached hydrogens (primary N) is 1. The maximum Gasteiger partial charge on any atom is 0.344 e. The van der Waals surface area contributed by atoms with Crippen LogP contribution < -0.4 is 11.4 Å². The van der Waals surface area contributed by atoms with Gasteiger partial charge in [0.05, 0.1) is 5.39 Å². The molecule has 3 nitrogen and oxygen atoms in total. The second-order valence-corrected chi connectivity index (χ2v) is 3.93. The van der Waals surface area contributed by atoms with Crippen LogP contribution in [-0.4, -0.2) is 0 Å². The molecule has 0 fully saturated rings. The van der Waals surface area contributed by atoms with E-state index in [9.17, 15) is 13.6 Å². The average molecular weight is 247 g/mol. The summed E-state index contributed by atoms with van der Waals surface area (Å²) in [5.41, 5.74) is 4.86. The molecular weight excluding hydrogens is 240 g/mol. The van der Waals surface area contributed by atoms with Crippen molar-refractivity contribution in [3.8, 4) is 0 Å². The lowest BCUT2D eigenvalue weighted by Gasteiger charge is -2.04. The van der Waals surface area contributed by atoms with Gasteiger partial charge in [-0.25, -0.2) is 9.18 Å². The van der Waals surface area contributed by atoms with Crippen molar-refractivity contribution in [2.75, 3.05) is 5.73 Å². The van der Waals surface area contributed by atoms with Crippen LogP contribution in [0.5, 0.6) is 0 Å². The van der Waals surface area contributed by atoms with E-state index >= 15 is 0 Å². The fourth-order valence-electron chi connectivity index (χ4n) is 1.96. The van der Waals surface area contributed by atoms with E-state index in [0.29, 0.717) is 16.5 Å². The lowest BCUT2D eigenvalue weighted by Crippen LogP contribution is -2.02. The van der Waals surface area contributed by atoms with Gasteiger partial charge in [-0.1, -0.05) is 6.07 Å². The summed E-state index contributed by atoms with van der Waals surface area (Å²) >= 11 is 0. The summed E-state index contributed by atoms with van der Waals surface area (Å²) in [6.07, 6.45) is 0. The zero-order valence-electron chi connectivity index (χ0n) is 9.04. The third-order valence-electron chi connectivity index (χ3n) is 2.80. The first-order valence-corrected chi connectivity index (χ1v) is 5.18. The lowest BCUT2D eigenvalue weighted by molar-refractivity contribution is 0.480. The van der Waals surface area contributed by atoms with Crippen molar-refractivity contribution >= 4 is 27.4 Å². The molecule has 0 bridgehead atoms. The summed E-state index contributed by atoms with van der Waals surface area (Å²) in [7, 11) is 0. The van der Waals surface area contributed by atoms with Gasteiger partial charge in [-0.3, -0.25) is 0 Å². The molecule has 2 N–H and O–H groups in total. The molecule has 2 aromatic carbocycles. The van der Waals surface area contributed by atoms with E-state index in [-0.39, 0.29) is 11.0 Å². The van der Waals surface area contributed by atoms with E-state index in [4.69, 9.17) is 10.2 Å². The van der Waals surface area contributed by atoms with Crippen LogP contribution in [0.4, 0.5) is 14.5 Å². The molecule has 90 valence electrons. The number of halogens is 2. The van der Waals surface area contributed by atoms with E-state index in [0.717, 1.165) is 6.07 Å². The maximum absolute atomic E-state index is 13.6. The normalized spacial score (nSPS) is 11.2. The van der Waals surface area contributed by atoms with Gasteiger partial charge < -0.3 is 10.2 Å². The predicted molar refractivity (Wildman–Crippen MR) is 64.3 cm³/mol. The number of fused-ring (bicyclic) bond motifs is 3. The molecule has 0 aliphatic rings. The van der Waals surface area contributed by atoms with Crippen LogP contribution in [-0.2, 0) is 0 Å². The molecule has 0 unspecified atom stereocenters. The molecule has 3 aromatic rings. The third-order valence-corrected chi connectivity index (χ3v) is 2.80. The predicted octanol–water partition coefficient (Wildman–Crippen LogP) is 2.81. The number of benzene rings is 2. The molecule has 0 spiro atoms. The van der Waals surface area contributed by atoms with Gasteiger partial charge in [0.15, 0.2) is 11.4 Å². The SMILES string of the molecule is Nc1ccc2c(c1)c(=O)oc1c(F)c(F)ccc12. The van der Waals surface area contributed by atoms with Crippen LogP contribution in [0.2, 0.25) is 0 Å². The van der Waals surface area contributed by atoms with E-state index in [1.165, 1.54) is 12.1 Å². The zero-order chi connectivity index (χ0) is 12.9. The third kappa shape index (κ3) is 1.37. The zero-order valence-corrected chi connectivity index (χ0v) is 9.04. The standard InChI is InChI=1S/C13H7F2NO2/c14-10-4-3-8-7-2-1-6(16)5-9(7)13(17)18-12(8)11(10)15/h1-5H,16H2. The first kappa shape index (κ1) is 10.7. The minimum atomic E-state index is -1.16. The molecule has 3 rings (SSSR count). The minimum absolute atomic E-state index is 0.244. The molecule has 0 atom stereocenters. The number of anilines is 1. The highest BCUT2D eigenvalue weighted by Gasteiger charge is 2.14. The quantitative estimate of drug-likeness (QED) is 0.377. The highest BCUT2D eigenvalue weighted by Crippen LogP contribution is 2.27. The van der Waals surface area contributed by atoms with Gasteiger partial charge in [0, 0.05) is 16.5 Å². The van der Waals surface area contributed by atoms with Gasteiger partial charge in [0.1, 0.15) is 0 Å². The Bertz CT molecular complexity index is 840. The molecule has 0 saturated heterocycles. The fourth-order valence-corrected chi connectivity index (χ4v) is 1.96. The van der Waals surface area contributed by atoms with Crippen LogP contribution in [0.1, 0.15) is 0 Å². The van der Waals surface area contributed by atoms with Crippen molar-refractivity contribution in [2.45, 2.75) is 0 Å². The van der Waals surface area contributed by atoms with E-state index in [2.05, 4.69) is 0 Å². The highest BCUT2D eigenvalue weighted by molar-refractivity contribution is 6.05. The summed E-state index contributed by atoms with van der Waals surface area (Å²) in [5, 5.41) is 1.06. The lowest BCUT2D eigenvalue weighted by atomic mass is 10.1. The minimum Gasteiger partial charge on any atom is -0.419 e. The number of hydrogen-bond acceptors (Lipinski definition) is 3. The van der Waals surface area contributed by atoms with Crippen molar-refractivity contribution in [2.24, 2.45) is 0 Å². The molecule has 0 aliphatic heterocycles. The Kier molecular flexibility index (Phi) is 2.10. The molecule has 1 heterocycles. The molecule has 0 amide bonds. The van der Waals surface area contributed by atoms with Crippen LogP contribution in [0.3, 0.4) is 0 Å². The Hall–Kier alpha value is -2.43. The van der Waals surface area contributed by atoms with Gasteiger partial charge in [0.2, 0.25) is 5.82 Å². The Morgan fingerprint density at radius 1 is 1.00 bits per heavy atom. The average Bonchev–Trinajstić information content (AvgIpc) is 2.35. The topological polar surface area (TPSA) is 56.2 Å². The van der Waals surface area contributed by atoms with E-state index in [1.54, 1.807) is 12.1 Å². The van der Waals surface area contributed by atoms with Crippen molar-refractivity contribution in [3.05, 3.63) is 52.4 Å². The Labute approximate surface area is 99.4 Å². The van der Waals surface area contributed by atoms with Crippen LogP contribution in [0.15, 0.2) is 39.5 Å².